The van der Waals surface area contributed by atoms with Gasteiger partial charge in [-0.15, -0.1) is 0 Å². The summed E-state index contributed by atoms with van der Waals surface area (Å²) < 4.78 is 19.7. The normalized spacial score (nSPS) is 11.3. The monoisotopic (exact) mass is 366 g/mol. The molecule has 0 aliphatic carbocycles. The molecule has 4 rings (SSSR count). The van der Waals surface area contributed by atoms with Gasteiger partial charge < -0.3 is 9.72 Å². The summed E-state index contributed by atoms with van der Waals surface area (Å²) in [5.74, 6) is 0.166. The van der Waals surface area contributed by atoms with Gasteiger partial charge in [0.05, 0.1) is 23.3 Å². The average molecular weight is 366 g/mol. The van der Waals surface area contributed by atoms with Crippen molar-refractivity contribution in [3.63, 3.8) is 0 Å². The van der Waals surface area contributed by atoms with E-state index < -0.39 is 0 Å². The summed E-state index contributed by atoms with van der Waals surface area (Å²) in [4.78, 5) is 20.6. The first kappa shape index (κ1) is 17.2. The second-order valence-electron chi connectivity index (χ2n) is 6.35. The molecule has 0 aliphatic heterocycles. The van der Waals surface area contributed by atoms with Gasteiger partial charge in [-0.1, -0.05) is 24.3 Å². The number of para-hydroxylation sites is 2. The second-order valence-corrected chi connectivity index (χ2v) is 6.35. The number of hydrogen-bond donors (Lipinski definition) is 2. The number of H-pyrrole nitrogens is 2. The molecule has 0 radical (unpaired) electrons. The molecule has 0 bridgehead atoms. The van der Waals surface area contributed by atoms with E-state index in [1.54, 1.807) is 19.2 Å². The van der Waals surface area contributed by atoms with E-state index in [1.807, 2.05) is 24.3 Å². The van der Waals surface area contributed by atoms with E-state index in [9.17, 15) is 9.18 Å². The number of imidazole rings is 1. The Bertz CT molecular complexity index is 1090. The Labute approximate surface area is 154 Å². The van der Waals surface area contributed by atoms with Crippen molar-refractivity contribution in [3.05, 3.63) is 81.5 Å². The summed E-state index contributed by atoms with van der Waals surface area (Å²) in [6, 6.07) is 13.9. The number of methoxy groups -OCH3 is 1. The third-order valence-electron chi connectivity index (χ3n) is 4.53. The number of aromatic amines is 2. The van der Waals surface area contributed by atoms with E-state index >= 15 is 0 Å². The standard InChI is InChI=1S/C20H19FN4O2/c1-27-12-18-15(11-8-13-6-9-14(21)10-7-13)19(26)25(24-18)20-22-16-4-2-3-5-17(16)23-20/h2-7,9-10,24H,8,11-12H2,1H3,(H,22,23). The number of hydrogen-bond acceptors (Lipinski definition) is 3. The maximum Gasteiger partial charge on any atom is 0.277 e. The number of nitrogens with zero attached hydrogens (tertiary/aromatic N) is 2. The van der Waals surface area contributed by atoms with Crippen molar-refractivity contribution in [2.75, 3.05) is 7.11 Å². The minimum atomic E-state index is -0.271. The van der Waals surface area contributed by atoms with Crippen molar-refractivity contribution in [2.24, 2.45) is 0 Å². The Morgan fingerprint density at radius 1 is 1.11 bits per heavy atom. The van der Waals surface area contributed by atoms with Gasteiger partial charge in [0.2, 0.25) is 5.95 Å². The summed E-state index contributed by atoms with van der Waals surface area (Å²) >= 11 is 0. The van der Waals surface area contributed by atoms with Crippen LogP contribution in [0.1, 0.15) is 16.8 Å². The predicted octanol–water partition coefficient (Wildman–Crippen LogP) is 3.11. The van der Waals surface area contributed by atoms with Crippen molar-refractivity contribution in [3.8, 4) is 5.95 Å². The smallest absolute Gasteiger partial charge is 0.277 e. The van der Waals surface area contributed by atoms with Crippen LogP contribution in [-0.4, -0.2) is 26.9 Å². The largest absolute Gasteiger partial charge is 0.378 e. The van der Waals surface area contributed by atoms with Crippen molar-refractivity contribution < 1.29 is 9.13 Å². The number of aromatic nitrogens is 4. The van der Waals surface area contributed by atoms with Crippen LogP contribution in [0.25, 0.3) is 17.0 Å². The second kappa shape index (κ2) is 7.20. The van der Waals surface area contributed by atoms with Crippen LogP contribution in [0.15, 0.2) is 53.3 Å². The van der Waals surface area contributed by atoms with Gasteiger partial charge in [0.1, 0.15) is 5.82 Å². The molecule has 6 nitrogen and oxygen atoms in total. The molecule has 0 amide bonds. The molecule has 0 spiro atoms. The van der Waals surface area contributed by atoms with Crippen LogP contribution >= 0.6 is 0 Å². The highest BCUT2D eigenvalue weighted by atomic mass is 19.1. The van der Waals surface area contributed by atoms with Crippen LogP contribution in [0.2, 0.25) is 0 Å². The van der Waals surface area contributed by atoms with Crippen LogP contribution in [-0.2, 0) is 24.2 Å². The summed E-state index contributed by atoms with van der Waals surface area (Å²) in [5.41, 5.74) is 3.80. The number of halogens is 1. The molecule has 0 saturated carbocycles. The van der Waals surface area contributed by atoms with E-state index in [1.165, 1.54) is 16.8 Å². The molecule has 138 valence electrons. The number of benzene rings is 2. The Hall–Kier alpha value is -3.19. The lowest BCUT2D eigenvalue weighted by Gasteiger charge is -2.02. The first-order chi connectivity index (χ1) is 13.2. The van der Waals surface area contributed by atoms with Gasteiger partial charge in [0.25, 0.3) is 5.56 Å². The molecular weight excluding hydrogens is 347 g/mol. The molecule has 0 fully saturated rings. The average Bonchev–Trinajstić information content (AvgIpc) is 3.23. The zero-order valence-electron chi connectivity index (χ0n) is 14.8. The van der Waals surface area contributed by atoms with Gasteiger partial charge >= 0.3 is 0 Å². The number of rotatable bonds is 6. The van der Waals surface area contributed by atoms with E-state index in [0.717, 1.165) is 16.6 Å². The summed E-state index contributed by atoms with van der Waals surface area (Å²) in [7, 11) is 1.58. The van der Waals surface area contributed by atoms with Gasteiger partial charge in [-0.2, -0.15) is 4.68 Å². The maximum atomic E-state index is 13.1. The van der Waals surface area contributed by atoms with Gasteiger partial charge in [0.15, 0.2) is 0 Å². The minimum absolute atomic E-state index is 0.164. The fourth-order valence-corrected chi connectivity index (χ4v) is 3.15. The third kappa shape index (κ3) is 3.41. The van der Waals surface area contributed by atoms with Gasteiger partial charge in [-0.25, -0.2) is 9.37 Å². The molecular formula is C20H19FN4O2. The van der Waals surface area contributed by atoms with Crippen molar-refractivity contribution in [1.29, 1.82) is 0 Å². The maximum absolute atomic E-state index is 13.1. The van der Waals surface area contributed by atoms with Crippen molar-refractivity contribution in [2.45, 2.75) is 19.4 Å². The molecule has 0 unspecified atom stereocenters. The highest BCUT2D eigenvalue weighted by Crippen LogP contribution is 2.14. The Balaban J connectivity index is 1.68. The molecule has 2 N–H and O–H groups in total. The van der Waals surface area contributed by atoms with E-state index in [2.05, 4.69) is 15.1 Å². The lowest BCUT2D eigenvalue weighted by atomic mass is 10.0. The first-order valence-corrected chi connectivity index (χ1v) is 8.67. The van der Waals surface area contributed by atoms with E-state index in [-0.39, 0.29) is 11.4 Å². The fourth-order valence-electron chi connectivity index (χ4n) is 3.15. The molecule has 2 heterocycles. The third-order valence-corrected chi connectivity index (χ3v) is 4.53. The minimum Gasteiger partial charge on any atom is -0.378 e. The number of fused-ring (bicyclic) bond motifs is 1. The van der Waals surface area contributed by atoms with Crippen LogP contribution in [0.4, 0.5) is 4.39 Å². The number of ether oxygens (including phenoxy) is 1. The van der Waals surface area contributed by atoms with Crippen molar-refractivity contribution in [1.82, 2.24) is 19.7 Å². The zero-order valence-corrected chi connectivity index (χ0v) is 14.8. The number of aryl methyl sites for hydroxylation is 1. The predicted molar refractivity (Wildman–Crippen MR) is 101 cm³/mol. The van der Waals surface area contributed by atoms with E-state index in [0.29, 0.717) is 36.7 Å². The van der Waals surface area contributed by atoms with E-state index in [4.69, 9.17) is 4.74 Å². The summed E-state index contributed by atoms with van der Waals surface area (Å²) in [6.07, 6.45) is 1.15. The molecule has 0 saturated heterocycles. The zero-order chi connectivity index (χ0) is 18.8. The van der Waals surface area contributed by atoms with Crippen LogP contribution in [0.3, 0.4) is 0 Å². The molecule has 0 atom stereocenters. The molecule has 2 aromatic heterocycles. The quantitative estimate of drug-likeness (QED) is 0.551. The summed E-state index contributed by atoms with van der Waals surface area (Å²) in [6.45, 7) is 0.293. The summed E-state index contributed by atoms with van der Waals surface area (Å²) in [5, 5.41) is 3.10. The first-order valence-electron chi connectivity index (χ1n) is 8.67. The lowest BCUT2D eigenvalue weighted by molar-refractivity contribution is 0.180. The van der Waals surface area contributed by atoms with Gasteiger partial charge in [-0.3, -0.25) is 9.89 Å². The van der Waals surface area contributed by atoms with Crippen molar-refractivity contribution >= 4 is 11.0 Å². The highest BCUT2D eigenvalue weighted by Gasteiger charge is 2.17. The highest BCUT2D eigenvalue weighted by molar-refractivity contribution is 5.75. The Kier molecular flexibility index (Phi) is 4.60. The molecule has 27 heavy (non-hydrogen) atoms. The molecule has 4 aromatic rings. The lowest BCUT2D eigenvalue weighted by Crippen LogP contribution is -2.19. The fraction of sp³-hybridized carbons (Fsp3) is 0.200. The molecule has 7 heteroatoms. The van der Waals surface area contributed by atoms with Crippen LogP contribution < -0.4 is 5.56 Å². The Morgan fingerprint density at radius 2 is 1.89 bits per heavy atom. The van der Waals surface area contributed by atoms with Crippen LogP contribution in [0.5, 0.6) is 0 Å². The van der Waals surface area contributed by atoms with Crippen LogP contribution in [0, 0.1) is 5.82 Å². The molecule has 2 aromatic carbocycles. The van der Waals surface area contributed by atoms with Gasteiger partial charge in [-0.05, 0) is 42.7 Å². The topological polar surface area (TPSA) is 75.7 Å². The SMILES string of the molecule is COCc1[nH]n(-c2nc3ccccc3[nH]2)c(=O)c1CCc1ccc(F)cc1. The Morgan fingerprint density at radius 3 is 2.63 bits per heavy atom. The number of nitrogens with one attached hydrogen (secondary N) is 2. The van der Waals surface area contributed by atoms with Gasteiger partial charge in [0, 0.05) is 12.7 Å². The molecule has 0 aliphatic rings.